The van der Waals surface area contributed by atoms with Gasteiger partial charge in [-0.15, -0.1) is 0 Å². The molecule has 0 nitrogen and oxygen atoms in total. The van der Waals surface area contributed by atoms with Crippen molar-refractivity contribution in [1.82, 2.24) is 0 Å². The number of hydrogen-bond donors (Lipinski definition) is 0. The maximum atomic E-state index is 2.44. The van der Waals surface area contributed by atoms with E-state index in [9.17, 15) is 0 Å². The minimum atomic E-state index is 0.898. The molecule has 1 heteroatoms. The predicted molar refractivity (Wildman–Crippen MR) is 33.8 cm³/mol. The Morgan fingerprint density at radius 2 is 1.57 bits per heavy atom. The highest BCUT2D eigenvalue weighted by atomic mass is 14.1. The maximum Gasteiger partial charge on any atom is 0.117 e. The van der Waals surface area contributed by atoms with Crippen molar-refractivity contribution in [3.05, 3.63) is 0 Å². The van der Waals surface area contributed by atoms with Gasteiger partial charge in [-0.25, -0.2) is 0 Å². The van der Waals surface area contributed by atoms with Gasteiger partial charge >= 0.3 is 0 Å². The number of hydrogen-bond acceptors (Lipinski definition) is 0. The van der Waals surface area contributed by atoms with Gasteiger partial charge < -0.3 is 0 Å². The molecule has 2 atom stereocenters. The average Bonchev–Trinajstić information content (AvgIpc) is 1.87. The van der Waals surface area contributed by atoms with Crippen LogP contribution in [0.4, 0.5) is 0 Å². The molecule has 0 bridgehead atoms. The van der Waals surface area contributed by atoms with Gasteiger partial charge in [0.05, 0.1) is 0 Å². The van der Waals surface area contributed by atoms with E-state index in [0.717, 1.165) is 11.6 Å². The van der Waals surface area contributed by atoms with Crippen LogP contribution in [0.1, 0.15) is 26.7 Å². The molecule has 0 saturated carbocycles. The van der Waals surface area contributed by atoms with E-state index in [1.165, 1.54) is 12.8 Å². The highest BCUT2D eigenvalue weighted by Crippen LogP contribution is 2.30. The third kappa shape index (κ3) is 1.22. The summed E-state index contributed by atoms with van der Waals surface area (Å²) in [5, 5.41) is 0. The monoisotopic (exact) mass is 95.1 g/mol. The Balaban J connectivity index is 2.26. The Bertz CT molecular complexity index is 53.2. The summed E-state index contributed by atoms with van der Waals surface area (Å²) in [4.78, 5) is 0. The van der Waals surface area contributed by atoms with Crippen molar-refractivity contribution in [2.75, 3.05) is 0 Å². The Hall–Kier alpha value is 0.0649. The molecule has 0 aromatic carbocycles. The van der Waals surface area contributed by atoms with E-state index in [2.05, 4.69) is 21.1 Å². The van der Waals surface area contributed by atoms with Crippen LogP contribution < -0.4 is 0 Å². The van der Waals surface area contributed by atoms with Crippen LogP contribution in [0.15, 0.2) is 0 Å². The van der Waals surface area contributed by atoms with Gasteiger partial charge in [-0.05, 0) is 0 Å². The lowest BCUT2D eigenvalue weighted by molar-refractivity contribution is 0.765. The second-order valence-electron chi connectivity index (χ2n) is 2.72. The highest BCUT2D eigenvalue weighted by molar-refractivity contribution is 6.40. The summed E-state index contributed by atoms with van der Waals surface area (Å²) >= 11 is 0. The van der Waals surface area contributed by atoms with Crippen molar-refractivity contribution in [1.29, 1.82) is 0 Å². The molecule has 1 heterocycles. The lowest BCUT2D eigenvalue weighted by Gasteiger charge is -1.93. The molecule has 1 fully saturated rings. The molecule has 1 aliphatic heterocycles. The van der Waals surface area contributed by atoms with E-state index in [1.807, 2.05) is 0 Å². The van der Waals surface area contributed by atoms with Crippen LogP contribution >= 0.6 is 0 Å². The fourth-order valence-electron chi connectivity index (χ4n) is 1.28. The van der Waals surface area contributed by atoms with Crippen molar-refractivity contribution >= 4 is 7.28 Å². The zero-order valence-electron chi connectivity index (χ0n) is 5.15. The van der Waals surface area contributed by atoms with Crippen LogP contribution in [0.2, 0.25) is 11.6 Å². The van der Waals surface area contributed by atoms with E-state index in [0.29, 0.717) is 0 Å². The lowest BCUT2D eigenvalue weighted by Crippen LogP contribution is -1.91. The fourth-order valence-corrected chi connectivity index (χ4v) is 1.28. The van der Waals surface area contributed by atoms with Gasteiger partial charge in [0.1, 0.15) is 7.28 Å². The molecule has 0 amide bonds. The molecule has 0 unspecified atom stereocenters. The van der Waals surface area contributed by atoms with Crippen molar-refractivity contribution in [3.63, 3.8) is 0 Å². The smallest absolute Gasteiger partial charge is 0.0714 e. The summed E-state index contributed by atoms with van der Waals surface area (Å²) in [7, 11) is 2.44. The van der Waals surface area contributed by atoms with Crippen molar-refractivity contribution in [3.8, 4) is 0 Å². The predicted octanol–water partition coefficient (Wildman–Crippen LogP) is 2.10. The summed E-state index contributed by atoms with van der Waals surface area (Å²) in [6, 6.07) is 0. The van der Waals surface area contributed by atoms with Gasteiger partial charge in [-0.1, -0.05) is 38.3 Å². The molecule has 1 saturated heterocycles. The minimum Gasteiger partial charge on any atom is -0.0714 e. The van der Waals surface area contributed by atoms with Gasteiger partial charge in [-0.3, -0.25) is 0 Å². The molecular weight excluding hydrogens is 82.9 g/mol. The first-order chi connectivity index (χ1) is 3.29. The zero-order valence-corrected chi connectivity index (χ0v) is 5.15. The van der Waals surface area contributed by atoms with Crippen molar-refractivity contribution in [2.45, 2.75) is 38.3 Å². The zero-order chi connectivity index (χ0) is 5.28. The van der Waals surface area contributed by atoms with Crippen LogP contribution in [0.5, 0.6) is 0 Å². The summed E-state index contributed by atoms with van der Waals surface area (Å²) in [6.07, 6.45) is 2.84. The fraction of sp³-hybridized carbons (Fsp3) is 1.00. The van der Waals surface area contributed by atoms with E-state index >= 15 is 0 Å². The van der Waals surface area contributed by atoms with E-state index in [-0.39, 0.29) is 0 Å². The Labute approximate surface area is 46.5 Å². The molecule has 0 aliphatic carbocycles. The van der Waals surface area contributed by atoms with E-state index in [4.69, 9.17) is 0 Å². The average molecular weight is 95.0 g/mol. The number of rotatable bonds is 0. The van der Waals surface area contributed by atoms with E-state index < -0.39 is 0 Å². The summed E-state index contributed by atoms with van der Waals surface area (Å²) in [6.45, 7) is 4.59. The maximum absolute atomic E-state index is 2.44. The lowest BCUT2D eigenvalue weighted by atomic mass is 9.62. The molecule has 7 heavy (non-hydrogen) atoms. The molecule has 1 rings (SSSR count). The topological polar surface area (TPSA) is 0 Å². The van der Waals surface area contributed by atoms with Crippen LogP contribution in [0.25, 0.3) is 0 Å². The third-order valence-corrected chi connectivity index (χ3v) is 1.73. The first-order valence-corrected chi connectivity index (χ1v) is 3.14. The molecule has 0 aromatic heterocycles. The van der Waals surface area contributed by atoms with E-state index in [1.54, 1.807) is 0 Å². The second-order valence-corrected chi connectivity index (χ2v) is 2.72. The molecule has 0 aromatic rings. The van der Waals surface area contributed by atoms with Crippen LogP contribution in [-0.4, -0.2) is 7.28 Å². The molecule has 0 N–H and O–H groups in total. The van der Waals surface area contributed by atoms with Gasteiger partial charge in [0.2, 0.25) is 0 Å². The normalized spacial score (nSPS) is 40.9. The van der Waals surface area contributed by atoms with Crippen molar-refractivity contribution < 1.29 is 0 Å². The first-order valence-electron chi connectivity index (χ1n) is 3.14. The van der Waals surface area contributed by atoms with Gasteiger partial charge in [0.15, 0.2) is 0 Å². The van der Waals surface area contributed by atoms with Gasteiger partial charge in [0.25, 0.3) is 0 Å². The second kappa shape index (κ2) is 1.89. The van der Waals surface area contributed by atoms with Gasteiger partial charge in [0, 0.05) is 0 Å². The van der Waals surface area contributed by atoms with Gasteiger partial charge in [-0.2, -0.15) is 0 Å². The Morgan fingerprint density at radius 3 is 1.71 bits per heavy atom. The molecule has 1 aliphatic rings. The minimum absolute atomic E-state index is 0.898. The molecule has 1 radical (unpaired) electrons. The van der Waals surface area contributed by atoms with Crippen LogP contribution in [0, 0.1) is 0 Å². The summed E-state index contributed by atoms with van der Waals surface area (Å²) < 4.78 is 0. The standard InChI is InChI=1S/C6H12B/c1-5-3-4-6(2)7-5/h5-6H,3-4H2,1-2H3/t5-,6-/m0/s1. The Kier molecular flexibility index (Phi) is 1.41. The SMILES string of the molecule is C[C@@H]1[B][C@@H](C)CC1. The van der Waals surface area contributed by atoms with Crippen LogP contribution in [0.3, 0.4) is 0 Å². The van der Waals surface area contributed by atoms with Crippen LogP contribution in [-0.2, 0) is 0 Å². The third-order valence-electron chi connectivity index (χ3n) is 1.73. The van der Waals surface area contributed by atoms with Crippen molar-refractivity contribution in [2.24, 2.45) is 0 Å². The highest BCUT2D eigenvalue weighted by Gasteiger charge is 2.17. The molecule has 0 spiro atoms. The molecular formula is C6H12B. The summed E-state index contributed by atoms with van der Waals surface area (Å²) in [5.41, 5.74) is 0. The largest absolute Gasteiger partial charge is 0.117 e. The quantitative estimate of drug-likeness (QED) is 0.404. The Morgan fingerprint density at radius 1 is 1.14 bits per heavy atom. The summed E-state index contributed by atoms with van der Waals surface area (Å²) in [5.74, 6) is 1.80. The first kappa shape index (κ1) is 5.21. The molecule has 39 valence electrons.